The maximum absolute atomic E-state index is 13.9. The molecule has 3 aromatic rings. The third-order valence-electron chi connectivity index (χ3n) is 6.96. The number of carbonyl (C=O) groups is 2. The summed E-state index contributed by atoms with van der Waals surface area (Å²) in [6.45, 7) is 2.30. The van der Waals surface area contributed by atoms with Gasteiger partial charge in [-0.2, -0.15) is 0 Å². The maximum Gasteiger partial charge on any atom is 0.243 e. The Morgan fingerprint density at radius 3 is 2.33 bits per heavy atom. The zero-order valence-electron chi connectivity index (χ0n) is 21.0. The Bertz CT molecular complexity index is 1160. The smallest absolute Gasteiger partial charge is 0.243 e. The van der Waals surface area contributed by atoms with Gasteiger partial charge in [-0.05, 0) is 42.5 Å². The highest BCUT2D eigenvalue weighted by Crippen LogP contribution is 2.23. The molecule has 1 N–H and O–H groups in total. The number of halogens is 1. The summed E-state index contributed by atoms with van der Waals surface area (Å²) in [6.07, 6.45) is 6.13. The normalized spacial score (nSPS) is 14.7. The van der Waals surface area contributed by atoms with E-state index in [1.54, 1.807) is 4.90 Å². The van der Waals surface area contributed by atoms with E-state index in [0.717, 1.165) is 47.9 Å². The Morgan fingerprint density at radius 1 is 0.917 bits per heavy atom. The molecular weight excluding hydrogens is 468 g/mol. The lowest BCUT2D eigenvalue weighted by Crippen LogP contribution is -2.53. The fraction of sp³-hybridized carbons (Fsp3) is 0.355. The summed E-state index contributed by atoms with van der Waals surface area (Å²) in [5.74, 6) is -0.171. The summed E-state index contributed by atoms with van der Waals surface area (Å²) < 4.78 is 0. The van der Waals surface area contributed by atoms with Crippen molar-refractivity contribution < 1.29 is 9.59 Å². The van der Waals surface area contributed by atoms with Gasteiger partial charge in [0.1, 0.15) is 6.04 Å². The lowest BCUT2D eigenvalue weighted by molar-refractivity contribution is -0.141. The largest absolute Gasteiger partial charge is 0.352 e. The van der Waals surface area contributed by atoms with Gasteiger partial charge in [0, 0.05) is 24.0 Å². The maximum atomic E-state index is 13.9. The molecule has 1 fully saturated rings. The van der Waals surface area contributed by atoms with Crippen LogP contribution >= 0.6 is 11.6 Å². The Kier molecular flexibility index (Phi) is 9.18. The number of hydrogen-bond acceptors (Lipinski definition) is 2. The van der Waals surface area contributed by atoms with Crippen LogP contribution in [0.1, 0.15) is 54.4 Å². The minimum atomic E-state index is -0.636. The van der Waals surface area contributed by atoms with Gasteiger partial charge in [0.25, 0.3) is 0 Å². The molecule has 188 valence electrons. The average Bonchev–Trinajstić information content (AvgIpc) is 2.88. The molecule has 1 saturated carbocycles. The van der Waals surface area contributed by atoms with Crippen LogP contribution in [0.25, 0.3) is 0 Å². The number of nitrogens with zero attached hydrogens (tertiary/aromatic N) is 1. The fourth-order valence-electron chi connectivity index (χ4n) is 5.01. The summed E-state index contributed by atoms with van der Waals surface area (Å²) >= 11 is 6.52. The summed E-state index contributed by atoms with van der Waals surface area (Å²) in [4.78, 5) is 29.4. The second-order valence-corrected chi connectivity index (χ2v) is 10.2. The van der Waals surface area contributed by atoms with Crippen molar-refractivity contribution in [3.05, 3.63) is 106 Å². The number of benzene rings is 3. The number of carbonyl (C=O) groups excluding carboxylic acids is 2. The number of amides is 2. The molecule has 0 bridgehead atoms. The van der Waals surface area contributed by atoms with Crippen LogP contribution in [-0.2, 0) is 29.0 Å². The molecule has 2 amide bonds. The van der Waals surface area contributed by atoms with Crippen molar-refractivity contribution in [2.24, 2.45) is 0 Å². The van der Waals surface area contributed by atoms with Crippen molar-refractivity contribution >= 4 is 23.4 Å². The van der Waals surface area contributed by atoms with Gasteiger partial charge in [-0.1, -0.05) is 109 Å². The molecule has 1 aliphatic carbocycles. The van der Waals surface area contributed by atoms with E-state index in [9.17, 15) is 9.59 Å². The van der Waals surface area contributed by atoms with Gasteiger partial charge in [0.2, 0.25) is 11.8 Å². The van der Waals surface area contributed by atoms with E-state index >= 15 is 0 Å². The van der Waals surface area contributed by atoms with Crippen molar-refractivity contribution in [2.45, 2.75) is 70.5 Å². The van der Waals surface area contributed by atoms with Gasteiger partial charge in [0.15, 0.2) is 0 Å². The molecule has 0 spiro atoms. The van der Waals surface area contributed by atoms with E-state index in [1.807, 2.05) is 85.8 Å². The molecule has 0 radical (unpaired) electrons. The predicted octanol–water partition coefficient (Wildman–Crippen LogP) is 6.28. The fourth-order valence-corrected chi connectivity index (χ4v) is 5.20. The van der Waals surface area contributed by atoms with Crippen LogP contribution in [0.2, 0.25) is 5.02 Å². The van der Waals surface area contributed by atoms with Crippen molar-refractivity contribution in [3.63, 3.8) is 0 Å². The Balaban J connectivity index is 1.66. The first-order valence-electron chi connectivity index (χ1n) is 12.9. The molecule has 1 atom stereocenters. The number of hydrogen-bond donors (Lipinski definition) is 1. The molecule has 5 heteroatoms. The topological polar surface area (TPSA) is 49.4 Å². The van der Waals surface area contributed by atoms with Gasteiger partial charge in [-0.15, -0.1) is 0 Å². The zero-order chi connectivity index (χ0) is 25.3. The van der Waals surface area contributed by atoms with Crippen LogP contribution in [-0.4, -0.2) is 28.8 Å². The second-order valence-electron chi connectivity index (χ2n) is 9.83. The Morgan fingerprint density at radius 2 is 1.61 bits per heavy atom. The minimum absolute atomic E-state index is 0.0831. The standard InChI is InChI=1S/C31H35ClN2O2/c1-23-11-10-14-25(19-23)21-30(35)34(22-26-15-8-9-18-28(26)32)29(20-24-12-4-2-5-13-24)31(36)33-27-16-6-3-7-17-27/h2,4-5,8-15,18-19,27,29H,3,6-7,16-17,20-22H2,1H3,(H,33,36)/t29-/m0/s1. The lowest BCUT2D eigenvalue weighted by Gasteiger charge is -2.34. The van der Waals surface area contributed by atoms with Crippen molar-refractivity contribution in [1.82, 2.24) is 10.2 Å². The molecular formula is C31H35ClN2O2. The summed E-state index contributed by atoms with van der Waals surface area (Å²) in [5, 5.41) is 3.88. The first-order valence-corrected chi connectivity index (χ1v) is 13.3. The average molecular weight is 503 g/mol. The minimum Gasteiger partial charge on any atom is -0.352 e. The highest BCUT2D eigenvalue weighted by Gasteiger charge is 2.32. The van der Waals surface area contributed by atoms with Gasteiger partial charge >= 0.3 is 0 Å². The lowest BCUT2D eigenvalue weighted by atomic mass is 9.94. The number of aryl methyl sites for hydroxylation is 1. The highest BCUT2D eigenvalue weighted by atomic mass is 35.5. The molecule has 0 heterocycles. The third-order valence-corrected chi connectivity index (χ3v) is 7.33. The monoisotopic (exact) mass is 502 g/mol. The van der Waals surface area contributed by atoms with Gasteiger partial charge in [-0.25, -0.2) is 0 Å². The second kappa shape index (κ2) is 12.7. The highest BCUT2D eigenvalue weighted by molar-refractivity contribution is 6.31. The van der Waals surface area contributed by atoms with Crippen molar-refractivity contribution in [2.75, 3.05) is 0 Å². The van der Waals surface area contributed by atoms with E-state index < -0.39 is 6.04 Å². The zero-order valence-corrected chi connectivity index (χ0v) is 21.7. The van der Waals surface area contributed by atoms with E-state index in [4.69, 9.17) is 11.6 Å². The van der Waals surface area contributed by atoms with Gasteiger partial charge in [0.05, 0.1) is 6.42 Å². The molecule has 0 aromatic heterocycles. The van der Waals surface area contributed by atoms with Crippen molar-refractivity contribution in [3.8, 4) is 0 Å². The van der Waals surface area contributed by atoms with Crippen LogP contribution in [0.15, 0.2) is 78.9 Å². The molecule has 0 aliphatic heterocycles. The van der Waals surface area contributed by atoms with Crippen LogP contribution in [0, 0.1) is 6.92 Å². The molecule has 1 aliphatic rings. The van der Waals surface area contributed by atoms with Gasteiger partial charge in [-0.3, -0.25) is 9.59 Å². The summed E-state index contributed by atoms with van der Waals surface area (Å²) in [6, 6.07) is 25.0. The van der Waals surface area contributed by atoms with E-state index in [1.165, 1.54) is 6.42 Å². The Hall–Kier alpha value is -3.11. The molecule has 4 rings (SSSR count). The summed E-state index contributed by atoms with van der Waals surface area (Å²) in [5.41, 5.74) is 3.90. The van der Waals surface area contributed by atoms with Crippen molar-refractivity contribution in [1.29, 1.82) is 0 Å². The number of rotatable bonds is 9. The van der Waals surface area contributed by atoms with E-state index in [2.05, 4.69) is 5.32 Å². The van der Waals surface area contributed by atoms with E-state index in [0.29, 0.717) is 11.4 Å². The SMILES string of the molecule is Cc1cccc(CC(=O)N(Cc2ccccc2Cl)[C@@H](Cc2ccccc2)C(=O)NC2CCCCC2)c1. The van der Waals surface area contributed by atoms with Crippen LogP contribution in [0.3, 0.4) is 0 Å². The summed E-state index contributed by atoms with van der Waals surface area (Å²) in [7, 11) is 0. The van der Waals surface area contributed by atoms with E-state index in [-0.39, 0.29) is 30.8 Å². The van der Waals surface area contributed by atoms with Crippen LogP contribution < -0.4 is 5.32 Å². The Labute approximate surface area is 219 Å². The predicted molar refractivity (Wildman–Crippen MR) is 146 cm³/mol. The molecule has 36 heavy (non-hydrogen) atoms. The molecule has 4 nitrogen and oxygen atoms in total. The van der Waals surface area contributed by atoms with Gasteiger partial charge < -0.3 is 10.2 Å². The quantitative estimate of drug-likeness (QED) is 0.374. The third kappa shape index (κ3) is 7.20. The number of nitrogens with one attached hydrogen (secondary N) is 1. The van der Waals surface area contributed by atoms with Crippen LogP contribution in [0.5, 0.6) is 0 Å². The first-order chi connectivity index (χ1) is 17.5. The molecule has 0 unspecified atom stereocenters. The molecule has 0 saturated heterocycles. The first kappa shape index (κ1) is 26.0. The van der Waals surface area contributed by atoms with Crippen LogP contribution in [0.4, 0.5) is 0 Å². The molecule has 3 aromatic carbocycles.